The minimum absolute atomic E-state index is 0.00327. The Morgan fingerprint density at radius 2 is 1.56 bits per heavy atom. The van der Waals surface area contributed by atoms with Crippen LogP contribution in [0.3, 0.4) is 0 Å². The number of benzene rings is 2. The van der Waals surface area contributed by atoms with Gasteiger partial charge in [-0.25, -0.2) is 4.79 Å². The number of hydrogen-bond acceptors (Lipinski definition) is 3. The van der Waals surface area contributed by atoms with E-state index >= 15 is 0 Å². The van der Waals surface area contributed by atoms with Crippen molar-refractivity contribution in [2.75, 3.05) is 6.61 Å². The molecule has 0 heterocycles. The van der Waals surface area contributed by atoms with Crippen LogP contribution in [0.25, 0.3) is 0 Å². The first-order chi connectivity index (χ1) is 12.8. The van der Waals surface area contributed by atoms with Gasteiger partial charge < -0.3 is 10.1 Å². The smallest absolute Gasteiger partial charge is 0.460 e. The first kappa shape index (κ1) is 20.4. The zero-order chi connectivity index (χ0) is 19.9. The van der Waals surface area contributed by atoms with Crippen LogP contribution >= 0.6 is 0 Å². The fourth-order valence-electron chi connectivity index (χ4n) is 2.46. The van der Waals surface area contributed by atoms with Crippen molar-refractivity contribution in [2.24, 2.45) is 0 Å². The van der Waals surface area contributed by atoms with Crippen LogP contribution in [0, 0.1) is 0 Å². The number of nitrogens with two attached hydrogens (primary N) is 1. The van der Waals surface area contributed by atoms with E-state index in [0.29, 0.717) is 5.56 Å². The Bertz CT molecular complexity index is 767. The van der Waals surface area contributed by atoms with Crippen LogP contribution in [0.4, 0.5) is 13.2 Å². The summed E-state index contributed by atoms with van der Waals surface area (Å²) in [6.45, 7) is 0.959. The molecular formula is C19H20F3N2O3+. The summed E-state index contributed by atoms with van der Waals surface area (Å²) in [4.78, 5) is 24.7. The zero-order valence-corrected chi connectivity index (χ0v) is 14.6. The second-order valence-electron chi connectivity index (χ2n) is 5.74. The van der Waals surface area contributed by atoms with Crippen molar-refractivity contribution >= 4 is 11.9 Å². The normalized spacial score (nSPS) is 13.5. The topological polar surface area (TPSA) is 72.0 Å². The number of hydrogen-bond donors (Lipinski definition) is 2. The van der Waals surface area contributed by atoms with E-state index in [4.69, 9.17) is 0 Å². The summed E-state index contributed by atoms with van der Waals surface area (Å²) < 4.78 is 46.6. The molecule has 144 valence electrons. The summed E-state index contributed by atoms with van der Waals surface area (Å²) in [7, 11) is 0. The van der Waals surface area contributed by atoms with Gasteiger partial charge in [0.1, 0.15) is 6.54 Å². The number of alkyl halides is 3. The average Bonchev–Trinajstić information content (AvgIpc) is 2.65. The van der Waals surface area contributed by atoms with Crippen LogP contribution in [0.5, 0.6) is 0 Å². The first-order valence-corrected chi connectivity index (χ1v) is 8.30. The molecule has 0 unspecified atom stereocenters. The standard InChI is InChI=1S/C19H19F3N2O3/c1-2-27-17(26)18(19(20,21)22,23-13-14-9-5-3-6-10-14)24-16(25)15-11-7-4-8-12-15/h3-12,23H,2,13H2,1H3,(H,24,25)/p+1/t18-/m1/s1. The highest BCUT2D eigenvalue weighted by molar-refractivity contribution is 5.97. The van der Waals surface area contributed by atoms with Crippen LogP contribution < -0.4 is 10.6 Å². The summed E-state index contributed by atoms with van der Waals surface area (Å²) >= 11 is 0. The maximum absolute atomic E-state index is 14.0. The molecule has 0 saturated carbocycles. The zero-order valence-electron chi connectivity index (χ0n) is 14.6. The van der Waals surface area contributed by atoms with E-state index < -0.39 is 23.7 Å². The molecule has 0 aliphatic rings. The molecule has 0 saturated heterocycles. The van der Waals surface area contributed by atoms with E-state index in [0.717, 1.165) is 5.32 Å². The van der Waals surface area contributed by atoms with Gasteiger partial charge in [0.2, 0.25) is 0 Å². The molecule has 2 aromatic carbocycles. The van der Waals surface area contributed by atoms with Gasteiger partial charge in [0.15, 0.2) is 0 Å². The minimum Gasteiger partial charge on any atom is -0.460 e. The van der Waals surface area contributed by atoms with E-state index in [-0.39, 0.29) is 18.7 Å². The fourth-order valence-corrected chi connectivity index (χ4v) is 2.46. The van der Waals surface area contributed by atoms with Crippen molar-refractivity contribution in [1.29, 1.82) is 0 Å². The summed E-state index contributed by atoms with van der Waals surface area (Å²) in [6.07, 6.45) is -5.08. The highest BCUT2D eigenvalue weighted by Gasteiger charge is 2.67. The summed E-state index contributed by atoms with van der Waals surface area (Å²) in [5, 5.41) is 2.58. The molecule has 8 heteroatoms. The van der Waals surface area contributed by atoms with Crippen molar-refractivity contribution in [2.45, 2.75) is 25.3 Å². The Labute approximate surface area is 154 Å². The predicted molar refractivity (Wildman–Crippen MR) is 91.4 cm³/mol. The molecule has 5 nitrogen and oxygen atoms in total. The van der Waals surface area contributed by atoms with Gasteiger partial charge in [-0.1, -0.05) is 48.5 Å². The molecule has 0 aromatic heterocycles. The van der Waals surface area contributed by atoms with Gasteiger partial charge in [0.25, 0.3) is 5.91 Å². The molecule has 0 spiro atoms. The Balaban J connectivity index is 2.37. The highest BCUT2D eigenvalue weighted by Crippen LogP contribution is 2.27. The number of rotatable bonds is 7. The monoisotopic (exact) mass is 381 g/mol. The lowest BCUT2D eigenvalue weighted by Crippen LogP contribution is -3.06. The molecule has 2 rings (SSSR count). The van der Waals surface area contributed by atoms with Crippen molar-refractivity contribution in [3.63, 3.8) is 0 Å². The van der Waals surface area contributed by atoms with Crippen molar-refractivity contribution < 1.29 is 32.8 Å². The van der Waals surface area contributed by atoms with Crippen LogP contribution in [-0.2, 0) is 16.1 Å². The maximum atomic E-state index is 14.0. The molecule has 2 aromatic rings. The highest BCUT2D eigenvalue weighted by atomic mass is 19.4. The van der Waals surface area contributed by atoms with Crippen LogP contribution in [0.15, 0.2) is 60.7 Å². The quantitative estimate of drug-likeness (QED) is 0.569. The lowest BCUT2D eigenvalue weighted by Gasteiger charge is -2.31. The first-order valence-electron chi connectivity index (χ1n) is 8.30. The number of halogens is 3. The van der Waals surface area contributed by atoms with Gasteiger partial charge in [-0.2, -0.15) is 13.2 Å². The van der Waals surface area contributed by atoms with Crippen molar-refractivity contribution in [3.8, 4) is 0 Å². The predicted octanol–water partition coefficient (Wildman–Crippen LogP) is 2.00. The summed E-state index contributed by atoms with van der Waals surface area (Å²) in [6, 6.07) is 15.7. The number of quaternary nitrogens is 1. The van der Waals surface area contributed by atoms with Crippen molar-refractivity contribution in [3.05, 3.63) is 71.8 Å². The van der Waals surface area contributed by atoms with E-state index in [2.05, 4.69) is 4.74 Å². The van der Waals surface area contributed by atoms with E-state index in [9.17, 15) is 22.8 Å². The number of esters is 1. The van der Waals surface area contributed by atoms with Crippen molar-refractivity contribution in [1.82, 2.24) is 5.32 Å². The van der Waals surface area contributed by atoms with Gasteiger partial charge >= 0.3 is 17.8 Å². The molecule has 3 N–H and O–H groups in total. The lowest BCUT2D eigenvalue weighted by atomic mass is 10.1. The third-order valence-corrected chi connectivity index (χ3v) is 3.88. The Morgan fingerprint density at radius 3 is 2.07 bits per heavy atom. The molecule has 0 aliphatic carbocycles. The molecule has 0 radical (unpaired) electrons. The molecular weight excluding hydrogens is 361 g/mol. The van der Waals surface area contributed by atoms with Gasteiger partial charge in [-0.05, 0) is 19.1 Å². The number of ether oxygens (including phenoxy) is 1. The van der Waals surface area contributed by atoms with Crippen LogP contribution in [-0.4, -0.2) is 30.3 Å². The molecule has 0 aliphatic heterocycles. The maximum Gasteiger partial charge on any atom is 0.478 e. The summed E-state index contributed by atoms with van der Waals surface area (Å²) in [5.74, 6) is -2.59. The van der Waals surface area contributed by atoms with Gasteiger partial charge in [-0.3, -0.25) is 10.1 Å². The average molecular weight is 381 g/mol. The largest absolute Gasteiger partial charge is 0.478 e. The lowest BCUT2D eigenvalue weighted by molar-refractivity contribution is -0.757. The second kappa shape index (κ2) is 8.68. The van der Waals surface area contributed by atoms with E-state index in [1.54, 1.807) is 36.4 Å². The third kappa shape index (κ3) is 4.85. The number of nitrogens with one attached hydrogen (secondary N) is 1. The Morgan fingerprint density at radius 1 is 1.00 bits per heavy atom. The SMILES string of the molecule is CCOC(=O)[C@](NC(=O)c1ccccc1)([NH2+]Cc1ccccc1)C(F)(F)F. The molecule has 1 atom stereocenters. The molecule has 27 heavy (non-hydrogen) atoms. The number of carbonyl (C=O) groups excluding carboxylic acids is 2. The molecule has 0 fully saturated rings. The third-order valence-electron chi connectivity index (χ3n) is 3.88. The van der Waals surface area contributed by atoms with Gasteiger partial charge in [0.05, 0.1) is 6.61 Å². The summed E-state index contributed by atoms with van der Waals surface area (Å²) in [5.41, 5.74) is -2.70. The van der Waals surface area contributed by atoms with Crippen LogP contribution in [0.2, 0.25) is 0 Å². The van der Waals surface area contributed by atoms with E-state index in [1.807, 2.05) is 5.32 Å². The second-order valence-corrected chi connectivity index (χ2v) is 5.74. The molecule has 1 amide bonds. The Hall–Kier alpha value is -2.87. The van der Waals surface area contributed by atoms with Gasteiger partial charge in [0, 0.05) is 11.1 Å². The van der Waals surface area contributed by atoms with Crippen LogP contribution in [0.1, 0.15) is 22.8 Å². The number of carbonyl (C=O) groups is 2. The minimum atomic E-state index is -5.08. The molecule has 0 bridgehead atoms. The van der Waals surface area contributed by atoms with E-state index in [1.165, 1.54) is 31.2 Å². The fraction of sp³-hybridized carbons (Fsp3) is 0.263. The number of amides is 1. The van der Waals surface area contributed by atoms with Gasteiger partial charge in [-0.15, -0.1) is 0 Å². The Kier molecular flexibility index (Phi) is 6.57.